The van der Waals surface area contributed by atoms with Crippen molar-refractivity contribution in [1.29, 1.82) is 0 Å². The molecule has 0 aliphatic heterocycles. The van der Waals surface area contributed by atoms with E-state index in [9.17, 15) is 0 Å². The summed E-state index contributed by atoms with van der Waals surface area (Å²) in [6, 6.07) is 2.47. The van der Waals surface area contributed by atoms with Gasteiger partial charge in [-0.15, -0.1) is 0 Å². The second-order valence-corrected chi connectivity index (χ2v) is 4.76. The smallest absolute Gasteiger partial charge is 0.124 e. The van der Waals surface area contributed by atoms with Crippen LogP contribution in [0.15, 0.2) is 18.5 Å². The van der Waals surface area contributed by atoms with E-state index in [0.29, 0.717) is 6.04 Å². The molecule has 98 valence electrons. The molecule has 0 radical (unpaired) electrons. The maximum Gasteiger partial charge on any atom is 0.124 e. The molecular weight excluding hydrogens is 226 g/mol. The standard InChI is InChI=1S/C13H21N5/c1-5-17-13(6-11(4)16-17)14-7-12-8-15-18(9-12)10(2)3/h6,8-10,14H,5,7H2,1-4H3. The predicted molar refractivity (Wildman–Crippen MR) is 72.6 cm³/mol. The normalized spacial score (nSPS) is 11.2. The lowest BCUT2D eigenvalue weighted by Crippen LogP contribution is -2.06. The summed E-state index contributed by atoms with van der Waals surface area (Å²) in [5.41, 5.74) is 2.22. The molecule has 2 aromatic heterocycles. The van der Waals surface area contributed by atoms with E-state index in [1.807, 2.05) is 22.5 Å². The van der Waals surface area contributed by atoms with Crippen molar-refractivity contribution in [2.45, 2.75) is 46.8 Å². The first-order chi connectivity index (χ1) is 8.60. The van der Waals surface area contributed by atoms with Crippen LogP contribution in [-0.2, 0) is 13.1 Å². The first-order valence-electron chi connectivity index (χ1n) is 6.41. The SMILES string of the molecule is CCn1nc(C)cc1NCc1cnn(C(C)C)c1. The number of hydrogen-bond acceptors (Lipinski definition) is 3. The van der Waals surface area contributed by atoms with Gasteiger partial charge in [0.05, 0.1) is 11.9 Å². The van der Waals surface area contributed by atoms with Crippen LogP contribution in [0.3, 0.4) is 0 Å². The van der Waals surface area contributed by atoms with Crippen molar-refractivity contribution in [3.05, 3.63) is 29.7 Å². The van der Waals surface area contributed by atoms with Crippen LogP contribution in [0.4, 0.5) is 5.82 Å². The summed E-state index contributed by atoms with van der Waals surface area (Å²) in [6.45, 7) is 10.0. The topological polar surface area (TPSA) is 47.7 Å². The summed E-state index contributed by atoms with van der Waals surface area (Å²) in [4.78, 5) is 0. The minimum atomic E-state index is 0.405. The van der Waals surface area contributed by atoms with Crippen LogP contribution in [0, 0.1) is 6.92 Å². The van der Waals surface area contributed by atoms with Gasteiger partial charge in [0.1, 0.15) is 5.82 Å². The fraction of sp³-hybridized carbons (Fsp3) is 0.538. The van der Waals surface area contributed by atoms with Crippen molar-refractivity contribution in [2.75, 3.05) is 5.32 Å². The summed E-state index contributed by atoms with van der Waals surface area (Å²) in [7, 11) is 0. The van der Waals surface area contributed by atoms with Crippen molar-refractivity contribution in [2.24, 2.45) is 0 Å². The van der Waals surface area contributed by atoms with Crippen LogP contribution >= 0.6 is 0 Å². The molecule has 5 nitrogen and oxygen atoms in total. The molecule has 0 saturated carbocycles. The Kier molecular flexibility index (Phi) is 3.69. The van der Waals surface area contributed by atoms with Crippen LogP contribution in [0.25, 0.3) is 0 Å². The molecule has 0 unspecified atom stereocenters. The third-order valence-electron chi connectivity index (χ3n) is 2.86. The van der Waals surface area contributed by atoms with Crippen molar-refractivity contribution in [3.8, 4) is 0 Å². The number of nitrogens with one attached hydrogen (secondary N) is 1. The van der Waals surface area contributed by atoms with Crippen LogP contribution in [0.1, 0.15) is 38.1 Å². The van der Waals surface area contributed by atoms with E-state index in [1.54, 1.807) is 0 Å². The molecule has 0 fully saturated rings. The maximum absolute atomic E-state index is 4.41. The van der Waals surface area contributed by atoms with Gasteiger partial charge < -0.3 is 5.32 Å². The number of nitrogens with zero attached hydrogens (tertiary/aromatic N) is 4. The third-order valence-corrected chi connectivity index (χ3v) is 2.86. The maximum atomic E-state index is 4.41. The molecule has 1 N–H and O–H groups in total. The Morgan fingerprint density at radius 3 is 2.78 bits per heavy atom. The van der Waals surface area contributed by atoms with Gasteiger partial charge in [0.15, 0.2) is 0 Å². The van der Waals surface area contributed by atoms with Crippen LogP contribution in [-0.4, -0.2) is 19.6 Å². The molecular formula is C13H21N5. The Morgan fingerprint density at radius 2 is 2.17 bits per heavy atom. The van der Waals surface area contributed by atoms with E-state index in [2.05, 4.69) is 48.5 Å². The average Bonchev–Trinajstić information content (AvgIpc) is 2.92. The average molecular weight is 247 g/mol. The number of aromatic nitrogens is 4. The largest absolute Gasteiger partial charge is 0.366 e. The van der Waals surface area contributed by atoms with Crippen molar-refractivity contribution in [1.82, 2.24) is 19.6 Å². The number of anilines is 1. The summed E-state index contributed by atoms with van der Waals surface area (Å²) < 4.78 is 3.95. The zero-order valence-electron chi connectivity index (χ0n) is 11.5. The molecule has 0 atom stereocenters. The lowest BCUT2D eigenvalue weighted by Gasteiger charge is -2.06. The van der Waals surface area contributed by atoms with Crippen LogP contribution in [0.2, 0.25) is 0 Å². The predicted octanol–water partition coefficient (Wildman–Crippen LogP) is 2.60. The van der Waals surface area contributed by atoms with E-state index in [1.165, 1.54) is 5.56 Å². The van der Waals surface area contributed by atoms with Crippen molar-refractivity contribution < 1.29 is 0 Å². The van der Waals surface area contributed by atoms with Gasteiger partial charge in [0, 0.05) is 37.0 Å². The molecule has 0 spiro atoms. The highest BCUT2D eigenvalue weighted by Gasteiger charge is 2.05. The van der Waals surface area contributed by atoms with Gasteiger partial charge in [-0.05, 0) is 27.7 Å². The molecule has 0 bridgehead atoms. The van der Waals surface area contributed by atoms with Gasteiger partial charge in [-0.2, -0.15) is 10.2 Å². The lowest BCUT2D eigenvalue weighted by molar-refractivity contribution is 0.532. The van der Waals surface area contributed by atoms with Crippen LogP contribution < -0.4 is 5.32 Å². The molecule has 0 aliphatic carbocycles. The highest BCUT2D eigenvalue weighted by Crippen LogP contribution is 2.12. The molecule has 5 heteroatoms. The molecule has 0 amide bonds. The fourth-order valence-electron chi connectivity index (χ4n) is 1.87. The van der Waals surface area contributed by atoms with Gasteiger partial charge in [-0.25, -0.2) is 4.68 Å². The highest BCUT2D eigenvalue weighted by molar-refractivity contribution is 5.37. The van der Waals surface area contributed by atoms with Gasteiger partial charge in [-0.1, -0.05) is 0 Å². The van der Waals surface area contributed by atoms with Gasteiger partial charge in [0.25, 0.3) is 0 Å². The van der Waals surface area contributed by atoms with E-state index in [4.69, 9.17) is 0 Å². The van der Waals surface area contributed by atoms with E-state index < -0.39 is 0 Å². The first kappa shape index (κ1) is 12.7. The summed E-state index contributed by atoms with van der Waals surface area (Å²) >= 11 is 0. The first-order valence-corrected chi connectivity index (χ1v) is 6.41. The summed E-state index contributed by atoms with van der Waals surface area (Å²) in [5.74, 6) is 1.06. The Bertz CT molecular complexity index is 509. The van der Waals surface area contributed by atoms with Crippen LogP contribution in [0.5, 0.6) is 0 Å². The summed E-state index contributed by atoms with van der Waals surface area (Å²) in [6.07, 6.45) is 3.99. The van der Waals surface area contributed by atoms with E-state index in [0.717, 1.165) is 24.6 Å². The van der Waals surface area contributed by atoms with E-state index in [-0.39, 0.29) is 0 Å². The molecule has 2 heterocycles. The van der Waals surface area contributed by atoms with Crippen molar-refractivity contribution >= 4 is 5.82 Å². The minimum absolute atomic E-state index is 0.405. The van der Waals surface area contributed by atoms with Crippen molar-refractivity contribution in [3.63, 3.8) is 0 Å². The molecule has 2 aromatic rings. The Balaban J connectivity index is 2.01. The zero-order chi connectivity index (χ0) is 13.1. The highest BCUT2D eigenvalue weighted by atomic mass is 15.3. The molecule has 0 aliphatic rings. The number of rotatable bonds is 5. The zero-order valence-corrected chi connectivity index (χ0v) is 11.5. The third kappa shape index (κ3) is 2.72. The second-order valence-electron chi connectivity index (χ2n) is 4.76. The second kappa shape index (κ2) is 5.25. The monoisotopic (exact) mass is 247 g/mol. The van der Waals surface area contributed by atoms with Gasteiger partial charge in [-0.3, -0.25) is 4.68 Å². The Morgan fingerprint density at radius 1 is 1.39 bits per heavy atom. The molecule has 2 rings (SSSR count). The Hall–Kier alpha value is -1.78. The molecule has 0 aromatic carbocycles. The van der Waals surface area contributed by atoms with Gasteiger partial charge >= 0.3 is 0 Å². The Labute approximate surface area is 108 Å². The number of hydrogen-bond donors (Lipinski definition) is 1. The number of aryl methyl sites for hydroxylation is 2. The molecule has 18 heavy (non-hydrogen) atoms. The van der Waals surface area contributed by atoms with Gasteiger partial charge in [0.2, 0.25) is 0 Å². The summed E-state index contributed by atoms with van der Waals surface area (Å²) in [5, 5.41) is 12.1. The lowest BCUT2D eigenvalue weighted by atomic mass is 10.3. The van der Waals surface area contributed by atoms with E-state index >= 15 is 0 Å². The molecule has 0 saturated heterocycles. The minimum Gasteiger partial charge on any atom is -0.366 e. The fourth-order valence-corrected chi connectivity index (χ4v) is 1.87. The quantitative estimate of drug-likeness (QED) is 0.883.